The lowest BCUT2D eigenvalue weighted by atomic mass is 10.3. The summed E-state index contributed by atoms with van der Waals surface area (Å²) in [5.74, 6) is -1.33. The van der Waals surface area contributed by atoms with Gasteiger partial charge in [-0.2, -0.15) is 0 Å². The van der Waals surface area contributed by atoms with E-state index < -0.39 is 5.97 Å². The zero-order valence-electron chi connectivity index (χ0n) is 10.2. The van der Waals surface area contributed by atoms with Crippen LogP contribution in [0.15, 0.2) is 28.2 Å². The maximum Gasteiger partial charge on any atom is 0.355 e. The Kier molecular flexibility index (Phi) is 4.80. The molecule has 104 valence electrons. The van der Waals surface area contributed by atoms with Crippen LogP contribution in [0.2, 0.25) is 0 Å². The Labute approximate surface area is 127 Å². The van der Waals surface area contributed by atoms with Gasteiger partial charge in [0.15, 0.2) is 5.69 Å². The maximum absolute atomic E-state index is 11.9. The van der Waals surface area contributed by atoms with Crippen molar-refractivity contribution in [3.63, 3.8) is 0 Å². The van der Waals surface area contributed by atoms with Crippen LogP contribution in [0.1, 0.15) is 26.0 Å². The molecule has 0 spiro atoms. The Hall–Kier alpha value is -1.80. The van der Waals surface area contributed by atoms with Gasteiger partial charge in [0.2, 0.25) is 0 Å². The molecule has 0 aliphatic carbocycles. The molecule has 2 N–H and O–H groups in total. The summed E-state index contributed by atoms with van der Waals surface area (Å²) in [4.78, 5) is 30.5. The molecule has 0 unspecified atom stereocenters. The van der Waals surface area contributed by atoms with Crippen LogP contribution in [-0.4, -0.2) is 33.5 Å². The van der Waals surface area contributed by atoms with E-state index in [9.17, 15) is 9.59 Å². The van der Waals surface area contributed by atoms with Crippen LogP contribution in [0.25, 0.3) is 0 Å². The number of hydrogen-bond acceptors (Lipinski definition) is 5. The van der Waals surface area contributed by atoms with E-state index in [1.165, 1.54) is 16.7 Å². The van der Waals surface area contributed by atoms with Crippen LogP contribution in [0.5, 0.6) is 0 Å². The van der Waals surface area contributed by atoms with Crippen LogP contribution >= 0.6 is 27.3 Å². The van der Waals surface area contributed by atoms with Crippen LogP contribution < -0.4 is 5.32 Å². The number of carbonyl (C=O) groups excluding carboxylic acids is 1. The molecule has 0 atom stereocenters. The first-order valence-corrected chi connectivity index (χ1v) is 7.31. The molecule has 2 aromatic rings. The van der Waals surface area contributed by atoms with Gasteiger partial charge in [0.05, 0.1) is 5.01 Å². The van der Waals surface area contributed by atoms with E-state index in [-0.39, 0.29) is 11.6 Å². The van der Waals surface area contributed by atoms with Gasteiger partial charge in [-0.05, 0) is 28.1 Å². The van der Waals surface area contributed by atoms with Gasteiger partial charge in [0, 0.05) is 29.0 Å². The van der Waals surface area contributed by atoms with Crippen LogP contribution in [-0.2, 0) is 6.42 Å². The second-order valence-corrected chi connectivity index (χ2v) is 5.57. The number of carboxylic acids is 1. The summed E-state index contributed by atoms with van der Waals surface area (Å²) in [6.45, 7) is 0.369. The van der Waals surface area contributed by atoms with Crippen molar-refractivity contribution in [3.05, 3.63) is 44.6 Å². The summed E-state index contributed by atoms with van der Waals surface area (Å²) >= 11 is 4.51. The Morgan fingerprint density at radius 3 is 2.90 bits per heavy atom. The third kappa shape index (κ3) is 3.61. The van der Waals surface area contributed by atoms with Crippen LogP contribution in [0.3, 0.4) is 0 Å². The van der Waals surface area contributed by atoms with Gasteiger partial charge in [-0.25, -0.2) is 14.8 Å². The molecular formula is C12H10BrN3O3S. The van der Waals surface area contributed by atoms with Crippen molar-refractivity contribution >= 4 is 39.1 Å². The van der Waals surface area contributed by atoms with Crippen molar-refractivity contribution in [3.8, 4) is 0 Å². The summed E-state index contributed by atoms with van der Waals surface area (Å²) < 4.78 is 0.625. The Bertz CT molecular complexity index is 644. The van der Waals surface area contributed by atoms with E-state index in [2.05, 4.69) is 31.2 Å². The van der Waals surface area contributed by atoms with Crippen molar-refractivity contribution in [1.29, 1.82) is 0 Å². The molecule has 0 aliphatic heterocycles. The zero-order valence-corrected chi connectivity index (χ0v) is 12.6. The molecule has 1 amide bonds. The number of aromatic carboxylic acids is 1. The molecule has 6 nitrogen and oxygen atoms in total. The zero-order chi connectivity index (χ0) is 14.5. The minimum absolute atomic E-state index is 0.0313. The highest BCUT2D eigenvalue weighted by molar-refractivity contribution is 9.10. The first-order valence-electron chi connectivity index (χ1n) is 5.64. The second-order valence-electron chi connectivity index (χ2n) is 3.77. The van der Waals surface area contributed by atoms with Crippen LogP contribution in [0.4, 0.5) is 0 Å². The molecular weight excluding hydrogens is 346 g/mol. The molecule has 0 radical (unpaired) electrons. The summed E-state index contributed by atoms with van der Waals surface area (Å²) in [7, 11) is 0. The largest absolute Gasteiger partial charge is 0.476 e. The van der Waals surface area contributed by atoms with E-state index in [1.807, 2.05) is 0 Å². The van der Waals surface area contributed by atoms with Gasteiger partial charge >= 0.3 is 5.97 Å². The van der Waals surface area contributed by atoms with Crippen molar-refractivity contribution in [1.82, 2.24) is 15.3 Å². The SMILES string of the molecule is O=C(O)c1csc(CCNC(=O)c2ncccc2Br)n1. The van der Waals surface area contributed by atoms with Gasteiger partial charge in [-0.15, -0.1) is 11.3 Å². The Balaban J connectivity index is 1.88. The molecule has 0 fully saturated rings. The van der Waals surface area contributed by atoms with Crippen molar-refractivity contribution < 1.29 is 14.7 Å². The van der Waals surface area contributed by atoms with E-state index in [0.717, 1.165) is 0 Å². The third-order valence-corrected chi connectivity index (χ3v) is 3.92. The summed E-state index contributed by atoms with van der Waals surface area (Å²) in [6, 6.07) is 3.46. The number of nitrogens with zero attached hydrogens (tertiary/aromatic N) is 2. The number of rotatable bonds is 5. The number of carbonyl (C=O) groups is 2. The second kappa shape index (κ2) is 6.58. The average molecular weight is 356 g/mol. The number of thiazole rings is 1. The summed E-state index contributed by atoms with van der Waals surface area (Å²) in [5, 5.41) is 13.6. The van der Waals surface area contributed by atoms with Gasteiger partial charge in [-0.1, -0.05) is 0 Å². The van der Waals surface area contributed by atoms with E-state index in [1.54, 1.807) is 18.3 Å². The first-order chi connectivity index (χ1) is 9.58. The lowest BCUT2D eigenvalue weighted by molar-refractivity contribution is 0.0690. The number of nitrogens with one attached hydrogen (secondary N) is 1. The van der Waals surface area contributed by atoms with E-state index in [0.29, 0.717) is 28.1 Å². The smallest absolute Gasteiger partial charge is 0.355 e. The fourth-order valence-electron chi connectivity index (χ4n) is 1.44. The van der Waals surface area contributed by atoms with Gasteiger partial charge < -0.3 is 10.4 Å². The Morgan fingerprint density at radius 2 is 2.25 bits per heavy atom. The molecule has 8 heteroatoms. The highest BCUT2D eigenvalue weighted by Gasteiger charge is 2.11. The molecule has 20 heavy (non-hydrogen) atoms. The normalized spacial score (nSPS) is 10.2. The molecule has 0 bridgehead atoms. The summed E-state index contributed by atoms with van der Waals surface area (Å²) in [5.41, 5.74) is 0.349. The number of carboxylic acid groups (broad SMARTS) is 1. The average Bonchev–Trinajstić information content (AvgIpc) is 2.88. The van der Waals surface area contributed by atoms with Gasteiger partial charge in [-0.3, -0.25) is 4.79 Å². The van der Waals surface area contributed by atoms with Crippen LogP contribution in [0, 0.1) is 0 Å². The molecule has 2 heterocycles. The first kappa shape index (κ1) is 14.6. The summed E-state index contributed by atoms with van der Waals surface area (Å²) in [6.07, 6.45) is 2.02. The topological polar surface area (TPSA) is 92.2 Å². The number of halogens is 1. The molecule has 2 aromatic heterocycles. The van der Waals surface area contributed by atoms with Crippen molar-refractivity contribution in [2.24, 2.45) is 0 Å². The minimum Gasteiger partial charge on any atom is -0.476 e. The lowest BCUT2D eigenvalue weighted by Crippen LogP contribution is -2.26. The fourth-order valence-corrected chi connectivity index (χ4v) is 2.65. The molecule has 0 saturated carbocycles. The highest BCUT2D eigenvalue weighted by atomic mass is 79.9. The number of pyridine rings is 1. The van der Waals surface area contributed by atoms with Gasteiger partial charge in [0.1, 0.15) is 5.69 Å². The molecule has 2 rings (SSSR count). The maximum atomic E-state index is 11.9. The molecule has 0 aromatic carbocycles. The van der Waals surface area contributed by atoms with Crippen molar-refractivity contribution in [2.45, 2.75) is 6.42 Å². The predicted octanol–water partition coefficient (Wildman–Crippen LogP) is 1.97. The molecule has 0 aliphatic rings. The quantitative estimate of drug-likeness (QED) is 0.855. The highest BCUT2D eigenvalue weighted by Crippen LogP contribution is 2.13. The predicted molar refractivity (Wildman–Crippen MR) is 77.0 cm³/mol. The van der Waals surface area contributed by atoms with E-state index in [4.69, 9.17) is 5.11 Å². The van der Waals surface area contributed by atoms with Crippen molar-refractivity contribution in [2.75, 3.05) is 6.54 Å². The monoisotopic (exact) mass is 355 g/mol. The number of aromatic nitrogens is 2. The fraction of sp³-hybridized carbons (Fsp3) is 0.167. The Morgan fingerprint density at radius 1 is 1.45 bits per heavy atom. The lowest BCUT2D eigenvalue weighted by Gasteiger charge is -2.04. The number of hydrogen-bond donors (Lipinski definition) is 2. The number of amides is 1. The van der Waals surface area contributed by atoms with E-state index >= 15 is 0 Å². The van der Waals surface area contributed by atoms with Gasteiger partial charge in [0.25, 0.3) is 5.91 Å². The standard InChI is InChI=1S/C12H10BrN3O3S/c13-7-2-1-4-14-10(7)11(17)15-5-3-9-16-8(6-20-9)12(18)19/h1-2,4,6H,3,5H2,(H,15,17)(H,18,19). The molecule has 0 saturated heterocycles. The minimum atomic E-state index is -1.05. The third-order valence-electron chi connectivity index (χ3n) is 2.37.